The Balaban J connectivity index is 1.95. The van der Waals surface area contributed by atoms with Crippen molar-refractivity contribution < 1.29 is 18.7 Å². The number of rotatable bonds is 6. The van der Waals surface area contributed by atoms with E-state index in [0.29, 0.717) is 23.0 Å². The van der Waals surface area contributed by atoms with Crippen molar-refractivity contribution in [3.05, 3.63) is 54.3 Å². The van der Waals surface area contributed by atoms with Gasteiger partial charge in [-0.3, -0.25) is 4.79 Å². The summed E-state index contributed by atoms with van der Waals surface area (Å²) in [6.07, 6.45) is 0. The molecule has 0 aliphatic rings. The third-order valence-electron chi connectivity index (χ3n) is 2.55. The average Bonchev–Trinajstić information content (AvgIpc) is 2.49. The highest BCUT2D eigenvalue weighted by Gasteiger charge is 2.11. The molecule has 0 aromatic heterocycles. The smallest absolute Gasteiger partial charge is 0.321 e. The van der Waals surface area contributed by atoms with Crippen LogP contribution in [0, 0.1) is 5.82 Å². The Hall–Kier alpha value is -2.01. The van der Waals surface area contributed by atoms with Crippen molar-refractivity contribution in [3.63, 3.8) is 0 Å². The summed E-state index contributed by atoms with van der Waals surface area (Å²) in [5, 5.41) is 0. The second-order valence-electron chi connectivity index (χ2n) is 4.07. The second kappa shape index (κ2) is 7.69. The molecule has 0 spiro atoms. The molecule has 0 fully saturated rings. The second-order valence-corrected chi connectivity index (χ2v) is 5.09. The Bertz CT molecular complexity index is 616. The lowest BCUT2D eigenvalue weighted by Gasteiger charge is -2.10. The highest BCUT2D eigenvalue weighted by atomic mass is 32.2. The molecule has 0 radical (unpaired) electrons. The molecule has 0 aliphatic heterocycles. The first-order valence-electron chi connectivity index (χ1n) is 6.50. The van der Waals surface area contributed by atoms with E-state index in [0.717, 1.165) is 11.8 Å². The number of carbonyl (C=O) groups is 1. The topological polar surface area (TPSA) is 35.5 Å². The Kier molecular flexibility index (Phi) is 5.63. The summed E-state index contributed by atoms with van der Waals surface area (Å²) in [4.78, 5) is 12.3. The first kappa shape index (κ1) is 15.4. The van der Waals surface area contributed by atoms with Crippen molar-refractivity contribution in [1.29, 1.82) is 0 Å². The molecule has 0 saturated carbocycles. The van der Waals surface area contributed by atoms with Gasteiger partial charge >= 0.3 is 5.97 Å². The Labute approximate surface area is 127 Å². The summed E-state index contributed by atoms with van der Waals surface area (Å²) < 4.78 is 24.1. The number of carbonyl (C=O) groups excluding carboxylic acids is 1. The van der Waals surface area contributed by atoms with Crippen LogP contribution < -0.4 is 9.47 Å². The third kappa shape index (κ3) is 4.49. The number of thioether (sulfide) groups is 1. The number of para-hydroxylation sites is 2. The molecule has 110 valence electrons. The fourth-order valence-electron chi connectivity index (χ4n) is 1.66. The summed E-state index contributed by atoms with van der Waals surface area (Å²) in [6, 6.07) is 13.3. The van der Waals surface area contributed by atoms with E-state index in [1.165, 1.54) is 6.07 Å². The number of halogens is 1. The molecule has 5 heteroatoms. The van der Waals surface area contributed by atoms with Gasteiger partial charge in [0, 0.05) is 4.90 Å². The summed E-state index contributed by atoms with van der Waals surface area (Å²) >= 11 is 1.10. The van der Waals surface area contributed by atoms with E-state index in [9.17, 15) is 9.18 Å². The van der Waals surface area contributed by atoms with Crippen LogP contribution >= 0.6 is 11.8 Å². The lowest BCUT2D eigenvalue weighted by atomic mass is 10.3. The van der Waals surface area contributed by atoms with Crippen molar-refractivity contribution in [1.82, 2.24) is 0 Å². The fourth-order valence-corrected chi connectivity index (χ4v) is 2.37. The van der Waals surface area contributed by atoms with E-state index >= 15 is 0 Å². The van der Waals surface area contributed by atoms with Crippen LogP contribution in [0.1, 0.15) is 6.92 Å². The zero-order valence-electron chi connectivity index (χ0n) is 11.5. The number of hydrogen-bond donors (Lipinski definition) is 0. The molecular weight excluding hydrogens is 291 g/mol. The maximum atomic E-state index is 13.4. The molecule has 0 bridgehead atoms. The molecule has 0 atom stereocenters. The van der Waals surface area contributed by atoms with E-state index in [4.69, 9.17) is 9.47 Å². The van der Waals surface area contributed by atoms with Crippen LogP contribution in [0.15, 0.2) is 53.4 Å². The van der Waals surface area contributed by atoms with E-state index in [-0.39, 0.29) is 11.6 Å². The van der Waals surface area contributed by atoms with Crippen molar-refractivity contribution >= 4 is 17.7 Å². The monoisotopic (exact) mass is 306 g/mol. The molecule has 21 heavy (non-hydrogen) atoms. The van der Waals surface area contributed by atoms with Crippen LogP contribution in [-0.4, -0.2) is 18.3 Å². The fraction of sp³-hybridized carbons (Fsp3) is 0.188. The molecule has 0 unspecified atom stereocenters. The van der Waals surface area contributed by atoms with Crippen molar-refractivity contribution in [2.24, 2.45) is 0 Å². The van der Waals surface area contributed by atoms with Crippen LogP contribution in [0.3, 0.4) is 0 Å². The van der Waals surface area contributed by atoms with Crippen LogP contribution in [0.2, 0.25) is 0 Å². The zero-order chi connectivity index (χ0) is 15.1. The third-order valence-corrected chi connectivity index (χ3v) is 3.58. The maximum Gasteiger partial charge on any atom is 0.321 e. The summed E-state index contributed by atoms with van der Waals surface area (Å²) in [5.41, 5.74) is 0. The zero-order valence-corrected chi connectivity index (χ0v) is 12.4. The normalized spacial score (nSPS) is 10.2. The van der Waals surface area contributed by atoms with E-state index in [1.807, 2.05) is 6.92 Å². The van der Waals surface area contributed by atoms with Gasteiger partial charge in [0.05, 0.1) is 12.4 Å². The van der Waals surface area contributed by atoms with Gasteiger partial charge in [-0.25, -0.2) is 4.39 Å². The molecule has 3 nitrogen and oxygen atoms in total. The highest BCUT2D eigenvalue weighted by Crippen LogP contribution is 2.27. The van der Waals surface area contributed by atoms with E-state index < -0.39 is 5.97 Å². The Morgan fingerprint density at radius 3 is 2.48 bits per heavy atom. The van der Waals surface area contributed by atoms with Gasteiger partial charge in [-0.2, -0.15) is 0 Å². The molecule has 0 N–H and O–H groups in total. The molecular formula is C16H15FO3S. The van der Waals surface area contributed by atoms with Gasteiger partial charge in [-0.15, -0.1) is 11.8 Å². The van der Waals surface area contributed by atoms with Crippen LogP contribution in [-0.2, 0) is 4.79 Å². The van der Waals surface area contributed by atoms with Crippen LogP contribution in [0.25, 0.3) is 0 Å². The molecule has 0 aliphatic carbocycles. The number of esters is 1. The Morgan fingerprint density at radius 2 is 1.76 bits per heavy atom. The lowest BCUT2D eigenvalue weighted by Crippen LogP contribution is -2.11. The van der Waals surface area contributed by atoms with E-state index in [2.05, 4.69) is 0 Å². The minimum atomic E-state index is -0.449. The largest absolute Gasteiger partial charge is 0.490 e. The number of hydrogen-bond acceptors (Lipinski definition) is 4. The summed E-state index contributed by atoms with van der Waals surface area (Å²) in [7, 11) is 0. The number of benzene rings is 2. The van der Waals surface area contributed by atoms with Gasteiger partial charge in [0.15, 0.2) is 11.5 Å². The molecule has 2 rings (SSSR count). The molecule has 2 aromatic carbocycles. The quantitative estimate of drug-likeness (QED) is 0.460. The first-order chi connectivity index (χ1) is 10.2. The Morgan fingerprint density at radius 1 is 1.10 bits per heavy atom. The van der Waals surface area contributed by atoms with Gasteiger partial charge < -0.3 is 9.47 Å². The molecule has 0 saturated heterocycles. The van der Waals surface area contributed by atoms with Gasteiger partial charge in [0.2, 0.25) is 0 Å². The molecule has 2 aromatic rings. The number of ether oxygens (including phenoxy) is 2. The van der Waals surface area contributed by atoms with E-state index in [1.54, 1.807) is 42.5 Å². The highest BCUT2D eigenvalue weighted by molar-refractivity contribution is 8.00. The average molecular weight is 306 g/mol. The summed E-state index contributed by atoms with van der Waals surface area (Å²) in [5.74, 6) is 0.129. The minimum absolute atomic E-state index is 0.0292. The predicted octanol–water partition coefficient (Wildman–Crippen LogP) is 3.92. The lowest BCUT2D eigenvalue weighted by molar-refractivity contribution is -0.131. The summed E-state index contributed by atoms with van der Waals surface area (Å²) in [6.45, 7) is 2.34. The minimum Gasteiger partial charge on any atom is -0.490 e. The SMILES string of the molecule is CCOc1ccccc1OC(=O)CSc1ccccc1F. The van der Waals surface area contributed by atoms with Crippen LogP contribution in [0.5, 0.6) is 11.5 Å². The van der Waals surface area contributed by atoms with Gasteiger partial charge in [-0.05, 0) is 31.2 Å². The van der Waals surface area contributed by atoms with Gasteiger partial charge in [0.25, 0.3) is 0 Å². The van der Waals surface area contributed by atoms with Crippen molar-refractivity contribution in [2.75, 3.05) is 12.4 Å². The predicted molar refractivity (Wildman–Crippen MR) is 80.4 cm³/mol. The molecule has 0 amide bonds. The molecule has 0 heterocycles. The van der Waals surface area contributed by atoms with Crippen molar-refractivity contribution in [2.45, 2.75) is 11.8 Å². The van der Waals surface area contributed by atoms with Crippen molar-refractivity contribution in [3.8, 4) is 11.5 Å². The van der Waals surface area contributed by atoms with Crippen LogP contribution in [0.4, 0.5) is 4.39 Å². The first-order valence-corrected chi connectivity index (χ1v) is 7.49. The maximum absolute atomic E-state index is 13.4. The standard InChI is InChI=1S/C16H15FO3S/c1-2-19-13-8-4-5-9-14(13)20-16(18)11-21-15-10-6-3-7-12(15)17/h3-10H,2,11H2,1H3. The van der Waals surface area contributed by atoms with Gasteiger partial charge in [-0.1, -0.05) is 24.3 Å². The van der Waals surface area contributed by atoms with Gasteiger partial charge in [0.1, 0.15) is 5.82 Å².